The summed E-state index contributed by atoms with van der Waals surface area (Å²) in [6, 6.07) is 8.03. The van der Waals surface area contributed by atoms with Crippen LogP contribution in [0.4, 0.5) is 5.69 Å². The number of fused-ring (bicyclic) bond motifs is 2. The van der Waals surface area contributed by atoms with Crippen LogP contribution in [0.2, 0.25) is 0 Å². The monoisotopic (exact) mass is 420 g/mol. The molecule has 3 heterocycles. The quantitative estimate of drug-likeness (QED) is 0.305. The summed E-state index contributed by atoms with van der Waals surface area (Å²) >= 11 is 0. The van der Waals surface area contributed by atoms with Gasteiger partial charge < -0.3 is 32.7 Å². The Bertz CT molecular complexity index is 907. The van der Waals surface area contributed by atoms with Crippen molar-refractivity contribution in [3.8, 4) is 0 Å². The van der Waals surface area contributed by atoms with Crippen molar-refractivity contribution in [2.75, 3.05) is 39.2 Å². The predicted molar refractivity (Wildman–Crippen MR) is 104 cm³/mol. The van der Waals surface area contributed by atoms with Gasteiger partial charge in [-0.05, 0) is 30.5 Å². The Morgan fingerprint density at radius 2 is 2.14 bits per heavy atom. The van der Waals surface area contributed by atoms with E-state index in [1.807, 2.05) is 25.1 Å². The number of hydrogen-bond donors (Lipinski definition) is 3. The molecule has 29 heavy (non-hydrogen) atoms. The number of carbonyl (C=O) groups excluding carboxylic acids is 1. The SMILES string of the molecule is C/C=C1\C[C@H]2[C@@H](O)C34Nc5ccccc5[C@@]3(CC[N+]4(C)C1)[C@]2(CO)C(=O)OC.[Cl-]. The number of halogens is 1. The third-order valence-corrected chi connectivity index (χ3v) is 8.64. The molecule has 2 bridgehead atoms. The van der Waals surface area contributed by atoms with Crippen LogP contribution < -0.4 is 17.7 Å². The molecule has 0 amide bonds. The lowest BCUT2D eigenvalue weighted by Crippen LogP contribution is -3.00. The summed E-state index contributed by atoms with van der Waals surface area (Å²) in [6.45, 7) is 3.33. The summed E-state index contributed by atoms with van der Waals surface area (Å²) in [5.41, 5.74) is 0.542. The highest BCUT2D eigenvalue weighted by Crippen LogP contribution is 2.75. The van der Waals surface area contributed by atoms with Gasteiger partial charge >= 0.3 is 5.97 Å². The van der Waals surface area contributed by atoms with Gasteiger partial charge in [-0.2, -0.15) is 0 Å². The number of methoxy groups -OCH3 is 1. The van der Waals surface area contributed by atoms with Crippen LogP contribution in [0, 0.1) is 11.3 Å². The molecule has 1 aromatic rings. The van der Waals surface area contributed by atoms with Gasteiger partial charge in [0.1, 0.15) is 18.1 Å². The molecule has 5 rings (SSSR count). The van der Waals surface area contributed by atoms with E-state index in [9.17, 15) is 15.0 Å². The number of likely N-dealkylation sites (N-methyl/N-ethyl adjacent to an activating group) is 1. The summed E-state index contributed by atoms with van der Waals surface area (Å²) in [5.74, 6) is -0.817. The lowest BCUT2D eigenvalue weighted by atomic mass is 9.56. The molecular formula is C22H29ClN2O4. The van der Waals surface area contributed by atoms with E-state index >= 15 is 0 Å². The number of nitrogens with one attached hydrogen (secondary N) is 1. The van der Waals surface area contributed by atoms with Crippen LogP contribution in [0.5, 0.6) is 0 Å². The lowest BCUT2D eigenvalue weighted by molar-refractivity contribution is -0.942. The normalized spacial score (nSPS) is 45.1. The van der Waals surface area contributed by atoms with Crippen molar-refractivity contribution in [1.82, 2.24) is 0 Å². The van der Waals surface area contributed by atoms with Crippen molar-refractivity contribution in [1.29, 1.82) is 0 Å². The fourth-order valence-corrected chi connectivity index (χ4v) is 7.64. The summed E-state index contributed by atoms with van der Waals surface area (Å²) in [5, 5.41) is 26.4. The fourth-order valence-electron chi connectivity index (χ4n) is 7.64. The fraction of sp³-hybridized carbons (Fsp3) is 0.591. The summed E-state index contributed by atoms with van der Waals surface area (Å²) in [6.07, 6.45) is 2.63. The Morgan fingerprint density at radius 3 is 2.79 bits per heavy atom. The minimum Gasteiger partial charge on any atom is -1.00 e. The van der Waals surface area contributed by atoms with Gasteiger partial charge in [0.05, 0.1) is 32.7 Å². The molecule has 4 aliphatic rings. The molecular weight excluding hydrogens is 392 g/mol. The van der Waals surface area contributed by atoms with E-state index in [1.165, 1.54) is 12.7 Å². The molecule has 0 radical (unpaired) electrons. The van der Waals surface area contributed by atoms with Gasteiger partial charge in [-0.25, -0.2) is 0 Å². The van der Waals surface area contributed by atoms with E-state index in [2.05, 4.69) is 24.5 Å². The van der Waals surface area contributed by atoms with Crippen molar-refractivity contribution >= 4 is 11.7 Å². The third-order valence-electron chi connectivity index (χ3n) is 8.64. The zero-order valence-corrected chi connectivity index (χ0v) is 17.9. The largest absolute Gasteiger partial charge is 1.00 e. The van der Waals surface area contributed by atoms with Crippen LogP contribution in [0.25, 0.3) is 0 Å². The number of aliphatic hydroxyl groups excluding tert-OH is 2. The second kappa shape index (κ2) is 6.20. The van der Waals surface area contributed by atoms with E-state index < -0.39 is 34.5 Å². The molecule has 1 aromatic carbocycles. The van der Waals surface area contributed by atoms with Crippen molar-refractivity contribution in [2.24, 2.45) is 11.3 Å². The Hall–Kier alpha value is -1.60. The van der Waals surface area contributed by atoms with Gasteiger partial charge in [-0.3, -0.25) is 9.28 Å². The van der Waals surface area contributed by atoms with Crippen LogP contribution in [0.3, 0.4) is 0 Å². The highest BCUT2D eigenvalue weighted by molar-refractivity contribution is 5.85. The van der Waals surface area contributed by atoms with Crippen molar-refractivity contribution < 1.29 is 36.6 Å². The Labute approximate surface area is 177 Å². The van der Waals surface area contributed by atoms with Crippen LogP contribution >= 0.6 is 0 Å². The number of esters is 1. The average Bonchev–Trinajstić information content (AvgIpc) is 3.20. The van der Waals surface area contributed by atoms with E-state index in [-0.39, 0.29) is 19.0 Å². The van der Waals surface area contributed by atoms with Crippen molar-refractivity contribution in [2.45, 2.75) is 36.9 Å². The zero-order chi connectivity index (χ0) is 19.9. The number of anilines is 1. The molecule has 7 heteroatoms. The van der Waals surface area contributed by atoms with Crippen LogP contribution in [0.15, 0.2) is 35.9 Å². The molecule has 1 spiro atoms. The molecule has 1 aliphatic carbocycles. The smallest absolute Gasteiger partial charge is 0.315 e. The Kier molecular flexibility index (Phi) is 4.42. The van der Waals surface area contributed by atoms with Gasteiger partial charge in [0.25, 0.3) is 0 Å². The predicted octanol–water partition coefficient (Wildman–Crippen LogP) is -1.61. The zero-order valence-electron chi connectivity index (χ0n) is 17.1. The number of allylic oxidation sites excluding steroid dienone is 1. The third kappa shape index (κ3) is 1.84. The van der Waals surface area contributed by atoms with Gasteiger partial charge in [0.2, 0.25) is 5.66 Å². The molecule has 0 aromatic heterocycles. The minimum absolute atomic E-state index is 0. The van der Waals surface area contributed by atoms with Gasteiger partial charge in [0, 0.05) is 18.0 Å². The molecule has 3 aliphatic heterocycles. The minimum atomic E-state index is -1.19. The summed E-state index contributed by atoms with van der Waals surface area (Å²) in [4.78, 5) is 13.5. The van der Waals surface area contributed by atoms with Gasteiger partial charge in [0.15, 0.2) is 0 Å². The first kappa shape index (κ1) is 20.7. The van der Waals surface area contributed by atoms with Gasteiger partial charge in [-0.15, -0.1) is 0 Å². The molecule has 158 valence electrons. The average molecular weight is 421 g/mol. The van der Waals surface area contributed by atoms with Crippen LogP contribution in [-0.2, 0) is 14.9 Å². The number of para-hydroxylation sites is 1. The van der Waals surface area contributed by atoms with E-state index in [1.54, 1.807) is 0 Å². The maximum Gasteiger partial charge on any atom is 0.315 e. The number of rotatable bonds is 2. The number of nitrogens with zero attached hydrogens (tertiary/aromatic N) is 1. The number of ether oxygens (including phenoxy) is 1. The molecule has 6 nitrogen and oxygen atoms in total. The second-order valence-electron chi connectivity index (χ2n) is 9.19. The van der Waals surface area contributed by atoms with Crippen LogP contribution in [0.1, 0.15) is 25.3 Å². The highest BCUT2D eigenvalue weighted by Gasteiger charge is 2.90. The summed E-state index contributed by atoms with van der Waals surface area (Å²) < 4.78 is 5.94. The van der Waals surface area contributed by atoms with Gasteiger partial charge in [-0.1, -0.05) is 24.3 Å². The molecule has 3 fully saturated rings. The standard InChI is InChI=1S/C22H29N2O4.ClH/c1-4-14-11-16-18(26)22-21(9-10-24(22,2)12-14,20(16,13-25)19(27)28-3)15-7-5-6-8-17(15)23-22;/h4-8,16,18,23,25-26H,9-13H2,1-3H3;1H/q+1;/p-1/b14-4+;/t16-,18+,20-,21-,22?,24?;/m0./s1. The van der Waals surface area contributed by atoms with E-state index in [0.29, 0.717) is 17.3 Å². The van der Waals surface area contributed by atoms with Crippen molar-refractivity contribution in [3.63, 3.8) is 0 Å². The first-order valence-electron chi connectivity index (χ1n) is 10.1. The molecule has 2 saturated heterocycles. The summed E-state index contributed by atoms with van der Waals surface area (Å²) in [7, 11) is 3.57. The number of carbonyl (C=O) groups is 1. The molecule has 2 unspecified atom stereocenters. The number of benzene rings is 1. The Balaban J connectivity index is 0.00000205. The second-order valence-corrected chi connectivity index (χ2v) is 9.19. The number of hydrogen-bond acceptors (Lipinski definition) is 5. The van der Waals surface area contributed by atoms with Crippen molar-refractivity contribution in [3.05, 3.63) is 41.5 Å². The maximum atomic E-state index is 13.5. The van der Waals surface area contributed by atoms with E-state index in [4.69, 9.17) is 4.74 Å². The topological polar surface area (TPSA) is 78.8 Å². The Morgan fingerprint density at radius 1 is 1.41 bits per heavy atom. The molecule has 6 atom stereocenters. The van der Waals surface area contributed by atoms with E-state index in [0.717, 1.165) is 24.3 Å². The lowest BCUT2D eigenvalue weighted by Gasteiger charge is -2.50. The first-order chi connectivity index (χ1) is 13.4. The van der Waals surface area contributed by atoms with Crippen LogP contribution in [-0.4, -0.2) is 66.3 Å². The molecule has 1 saturated carbocycles. The number of quaternary nitrogens is 1. The highest BCUT2D eigenvalue weighted by atomic mass is 35.5. The molecule has 3 N–H and O–H groups in total. The first-order valence-corrected chi connectivity index (χ1v) is 10.1. The maximum absolute atomic E-state index is 13.5. The number of aliphatic hydroxyl groups is 2.